The van der Waals surface area contributed by atoms with Gasteiger partial charge in [0.25, 0.3) is 5.91 Å². The summed E-state index contributed by atoms with van der Waals surface area (Å²) < 4.78 is 5.41. The van der Waals surface area contributed by atoms with Crippen molar-refractivity contribution in [2.24, 2.45) is 0 Å². The molecule has 8 heteroatoms. The van der Waals surface area contributed by atoms with E-state index >= 15 is 0 Å². The Bertz CT molecular complexity index is 953. The van der Waals surface area contributed by atoms with Crippen molar-refractivity contribution in [2.45, 2.75) is 25.0 Å². The number of ether oxygens (including phenoxy) is 1. The lowest BCUT2D eigenvalue weighted by molar-refractivity contribution is -0.131. The Morgan fingerprint density at radius 3 is 2.30 bits per heavy atom. The van der Waals surface area contributed by atoms with E-state index in [1.54, 1.807) is 34.1 Å². The largest absolute Gasteiger partial charge is 0.445 e. The number of urea groups is 1. The second kappa shape index (κ2) is 7.70. The molecule has 30 heavy (non-hydrogen) atoms. The summed E-state index contributed by atoms with van der Waals surface area (Å²) in [4.78, 5) is 42.7. The van der Waals surface area contributed by atoms with Gasteiger partial charge >= 0.3 is 12.1 Å². The monoisotopic (exact) mass is 408 g/mol. The molecule has 2 aliphatic rings. The van der Waals surface area contributed by atoms with Gasteiger partial charge in [-0.1, -0.05) is 30.3 Å². The number of benzene rings is 2. The number of nitrogens with zero attached hydrogens (tertiary/aromatic N) is 3. The van der Waals surface area contributed by atoms with Crippen molar-refractivity contribution in [3.05, 3.63) is 60.2 Å². The number of amides is 4. The molecule has 2 N–H and O–H groups in total. The van der Waals surface area contributed by atoms with E-state index in [2.05, 4.69) is 0 Å². The summed E-state index contributed by atoms with van der Waals surface area (Å²) in [6, 6.07) is 16.0. The first-order chi connectivity index (χ1) is 14.4. The lowest BCUT2D eigenvalue weighted by atomic mass is 9.85. The van der Waals surface area contributed by atoms with E-state index in [0.29, 0.717) is 37.3 Å². The molecule has 2 saturated heterocycles. The van der Waals surface area contributed by atoms with Crippen molar-refractivity contribution >= 4 is 29.4 Å². The highest BCUT2D eigenvalue weighted by atomic mass is 16.6. The van der Waals surface area contributed by atoms with Crippen LogP contribution in [0.15, 0.2) is 54.6 Å². The average molecular weight is 408 g/mol. The van der Waals surface area contributed by atoms with E-state index in [9.17, 15) is 14.4 Å². The Hall–Kier alpha value is -3.55. The maximum absolute atomic E-state index is 13.0. The Labute approximate surface area is 174 Å². The van der Waals surface area contributed by atoms with Gasteiger partial charge in [-0.05, 0) is 42.7 Å². The fraction of sp³-hybridized carbons (Fsp3) is 0.318. The van der Waals surface area contributed by atoms with Gasteiger partial charge < -0.3 is 15.4 Å². The number of piperidine rings is 1. The van der Waals surface area contributed by atoms with Crippen molar-refractivity contribution in [3.63, 3.8) is 0 Å². The number of carbonyl (C=O) groups is 3. The van der Waals surface area contributed by atoms with E-state index in [4.69, 9.17) is 10.5 Å². The summed E-state index contributed by atoms with van der Waals surface area (Å²) in [6.07, 6.45) is 0.261. The molecular formula is C22H24N4O4. The topological polar surface area (TPSA) is 96.2 Å². The number of imide groups is 1. The number of carbonyl (C=O) groups excluding carboxylic acids is 3. The maximum atomic E-state index is 13.0. The minimum atomic E-state index is -1.00. The zero-order valence-electron chi connectivity index (χ0n) is 16.8. The fourth-order valence-corrected chi connectivity index (χ4v) is 4.12. The van der Waals surface area contributed by atoms with Crippen LogP contribution in [0.1, 0.15) is 18.4 Å². The first-order valence-electron chi connectivity index (χ1n) is 9.86. The number of nitrogens with two attached hydrogens (primary N) is 1. The molecule has 0 radical (unpaired) electrons. The molecule has 0 aliphatic carbocycles. The number of rotatable bonds is 3. The van der Waals surface area contributed by atoms with Gasteiger partial charge in [-0.3, -0.25) is 14.6 Å². The highest BCUT2D eigenvalue weighted by Crippen LogP contribution is 2.40. The third-order valence-electron chi connectivity index (χ3n) is 5.81. The number of nitrogen functional groups attached to an aromatic ring is 1. The van der Waals surface area contributed by atoms with E-state index in [1.165, 1.54) is 7.05 Å². The van der Waals surface area contributed by atoms with Gasteiger partial charge in [0.1, 0.15) is 12.1 Å². The van der Waals surface area contributed by atoms with Crippen molar-refractivity contribution < 1.29 is 19.1 Å². The van der Waals surface area contributed by atoms with Crippen LogP contribution in [0, 0.1) is 0 Å². The molecule has 0 saturated carbocycles. The summed E-state index contributed by atoms with van der Waals surface area (Å²) in [5, 5.41) is 0. The van der Waals surface area contributed by atoms with Gasteiger partial charge in [-0.15, -0.1) is 0 Å². The van der Waals surface area contributed by atoms with Gasteiger partial charge in [0.05, 0.1) is 0 Å². The van der Waals surface area contributed by atoms with Crippen LogP contribution in [-0.4, -0.2) is 53.5 Å². The SMILES string of the molecule is CN1C(=O)N(c2ccc(N)cc2)C2(CCN(C(=O)OCc3ccccc3)CC2)C1=O. The molecule has 2 aromatic carbocycles. The highest BCUT2D eigenvalue weighted by molar-refractivity contribution is 6.16. The van der Waals surface area contributed by atoms with Gasteiger partial charge in [-0.25, -0.2) is 9.59 Å². The number of hydrogen-bond donors (Lipinski definition) is 1. The molecule has 4 amide bonds. The van der Waals surface area contributed by atoms with Crippen LogP contribution in [0.4, 0.5) is 21.0 Å². The average Bonchev–Trinajstić information content (AvgIpc) is 2.95. The zero-order chi connectivity index (χ0) is 21.3. The molecule has 2 fully saturated rings. The van der Waals surface area contributed by atoms with Gasteiger partial charge in [0.2, 0.25) is 0 Å². The van der Waals surface area contributed by atoms with Crippen LogP contribution in [0.5, 0.6) is 0 Å². The molecule has 2 aromatic rings. The first kappa shape index (κ1) is 19.8. The predicted octanol–water partition coefficient (Wildman–Crippen LogP) is 2.84. The molecule has 0 unspecified atom stereocenters. The van der Waals surface area contributed by atoms with Crippen molar-refractivity contribution in [1.82, 2.24) is 9.80 Å². The fourth-order valence-electron chi connectivity index (χ4n) is 4.12. The van der Waals surface area contributed by atoms with E-state index in [-0.39, 0.29) is 18.5 Å². The predicted molar refractivity (Wildman–Crippen MR) is 112 cm³/mol. The third kappa shape index (κ3) is 3.34. The second-order valence-electron chi connectivity index (χ2n) is 7.63. The van der Waals surface area contributed by atoms with Crippen LogP contribution < -0.4 is 10.6 Å². The number of anilines is 2. The lowest BCUT2D eigenvalue weighted by Crippen LogP contribution is -2.57. The molecule has 4 rings (SSSR count). The number of likely N-dealkylation sites (tertiary alicyclic amines) is 1. The van der Waals surface area contributed by atoms with Crippen molar-refractivity contribution in [2.75, 3.05) is 30.8 Å². The summed E-state index contributed by atoms with van der Waals surface area (Å²) in [5.41, 5.74) is 6.87. The van der Waals surface area contributed by atoms with Crippen LogP contribution in [0.3, 0.4) is 0 Å². The van der Waals surface area contributed by atoms with Crippen molar-refractivity contribution in [3.8, 4) is 0 Å². The smallest absolute Gasteiger partial charge is 0.410 e. The minimum absolute atomic E-state index is 0.193. The highest BCUT2D eigenvalue weighted by Gasteiger charge is 2.57. The summed E-state index contributed by atoms with van der Waals surface area (Å²) in [5.74, 6) is -0.248. The summed E-state index contributed by atoms with van der Waals surface area (Å²) in [7, 11) is 1.49. The standard InChI is InChI=1S/C22H24N4O4/c1-24-19(27)22(26(20(24)28)18-9-7-17(23)8-10-18)11-13-25(14-12-22)21(29)30-15-16-5-3-2-4-6-16/h2-10H,11-15,23H2,1H3. The van der Waals surface area contributed by atoms with E-state index < -0.39 is 11.6 Å². The zero-order valence-corrected chi connectivity index (χ0v) is 16.8. The third-order valence-corrected chi connectivity index (χ3v) is 5.81. The summed E-state index contributed by atoms with van der Waals surface area (Å²) in [6.45, 7) is 0.844. The molecule has 1 spiro atoms. The Morgan fingerprint density at radius 2 is 1.67 bits per heavy atom. The Morgan fingerprint density at radius 1 is 1.03 bits per heavy atom. The Kier molecular flexibility index (Phi) is 5.07. The number of likely N-dealkylation sites (N-methyl/N-ethyl adjacent to an activating group) is 1. The molecule has 0 atom stereocenters. The quantitative estimate of drug-likeness (QED) is 0.622. The van der Waals surface area contributed by atoms with E-state index in [1.807, 2.05) is 30.3 Å². The first-order valence-corrected chi connectivity index (χ1v) is 9.86. The van der Waals surface area contributed by atoms with Crippen LogP contribution in [-0.2, 0) is 16.1 Å². The molecule has 2 aliphatic heterocycles. The molecule has 2 heterocycles. The van der Waals surface area contributed by atoms with Crippen LogP contribution in [0.2, 0.25) is 0 Å². The van der Waals surface area contributed by atoms with Gasteiger partial charge in [0, 0.05) is 31.5 Å². The van der Waals surface area contributed by atoms with E-state index in [0.717, 1.165) is 10.5 Å². The molecule has 0 aromatic heterocycles. The van der Waals surface area contributed by atoms with Gasteiger partial charge in [-0.2, -0.15) is 0 Å². The number of hydrogen-bond acceptors (Lipinski definition) is 5. The minimum Gasteiger partial charge on any atom is -0.445 e. The molecule has 156 valence electrons. The van der Waals surface area contributed by atoms with Gasteiger partial charge in [0.15, 0.2) is 0 Å². The molecule has 8 nitrogen and oxygen atoms in total. The van der Waals surface area contributed by atoms with Crippen LogP contribution >= 0.6 is 0 Å². The van der Waals surface area contributed by atoms with Crippen LogP contribution in [0.25, 0.3) is 0 Å². The Balaban J connectivity index is 1.48. The molecular weight excluding hydrogens is 384 g/mol. The summed E-state index contributed by atoms with van der Waals surface area (Å²) >= 11 is 0. The van der Waals surface area contributed by atoms with Crippen molar-refractivity contribution in [1.29, 1.82) is 0 Å². The normalized spacial score (nSPS) is 18.2. The lowest BCUT2D eigenvalue weighted by Gasteiger charge is -2.41. The molecule has 0 bridgehead atoms. The maximum Gasteiger partial charge on any atom is 0.410 e. The second-order valence-corrected chi connectivity index (χ2v) is 7.63.